The smallest absolute Gasteiger partial charge is 0.313 e. The minimum absolute atomic E-state index is 0.264. The van der Waals surface area contributed by atoms with Gasteiger partial charge < -0.3 is 24.4 Å². The molecule has 0 aliphatic carbocycles. The molecule has 0 saturated carbocycles. The number of ether oxygens (including phenoxy) is 2. The first-order valence-corrected chi connectivity index (χ1v) is 13.2. The maximum atomic E-state index is 14.5. The van der Waals surface area contributed by atoms with Gasteiger partial charge in [-0.15, -0.1) is 0 Å². The van der Waals surface area contributed by atoms with E-state index < -0.39 is 41.1 Å². The summed E-state index contributed by atoms with van der Waals surface area (Å²) < 4.78 is 12.4. The first-order valence-electron chi connectivity index (χ1n) is 13.2. The summed E-state index contributed by atoms with van der Waals surface area (Å²) in [6.07, 6.45) is 9.39. The molecule has 1 aromatic carbocycles. The topological polar surface area (TPSA) is 96.4 Å². The monoisotopic (exact) mass is 508 g/mol. The van der Waals surface area contributed by atoms with Crippen LogP contribution in [0.3, 0.4) is 0 Å². The summed E-state index contributed by atoms with van der Waals surface area (Å²) in [5.41, 5.74) is 0.203. The Morgan fingerprint density at radius 3 is 2.49 bits per heavy atom. The van der Waals surface area contributed by atoms with Crippen LogP contribution in [-0.4, -0.2) is 70.8 Å². The number of anilines is 1. The third kappa shape index (κ3) is 3.76. The molecule has 37 heavy (non-hydrogen) atoms. The fourth-order valence-corrected chi connectivity index (χ4v) is 6.81. The zero-order valence-electron chi connectivity index (χ0n) is 22.0. The molecule has 2 amide bonds. The van der Waals surface area contributed by atoms with Gasteiger partial charge in [0, 0.05) is 12.2 Å². The number of allylic oxidation sites excluding steroid dienone is 1. The Labute approximate surface area is 217 Å². The average molecular weight is 509 g/mol. The van der Waals surface area contributed by atoms with Crippen molar-refractivity contribution < 1.29 is 29.0 Å². The Balaban J connectivity index is 1.70. The summed E-state index contributed by atoms with van der Waals surface area (Å²) >= 11 is 0. The van der Waals surface area contributed by atoms with E-state index in [0.29, 0.717) is 19.4 Å². The minimum Gasteiger partial charge on any atom is -0.465 e. The molecule has 1 unspecified atom stereocenters. The van der Waals surface area contributed by atoms with Crippen LogP contribution in [0.1, 0.15) is 44.2 Å². The third-order valence-electron chi connectivity index (χ3n) is 8.47. The number of amides is 2. The molecule has 4 aliphatic rings. The van der Waals surface area contributed by atoms with E-state index >= 15 is 0 Å². The summed E-state index contributed by atoms with van der Waals surface area (Å²) in [4.78, 5) is 45.5. The van der Waals surface area contributed by atoms with Crippen molar-refractivity contribution in [2.24, 2.45) is 11.8 Å². The highest BCUT2D eigenvalue weighted by Crippen LogP contribution is 2.57. The molecule has 1 aromatic rings. The summed E-state index contributed by atoms with van der Waals surface area (Å²) in [5.74, 6) is -2.99. The fourth-order valence-electron chi connectivity index (χ4n) is 6.81. The van der Waals surface area contributed by atoms with Crippen LogP contribution in [0.25, 0.3) is 0 Å². The lowest BCUT2D eigenvalue weighted by Gasteiger charge is -2.40. The van der Waals surface area contributed by atoms with E-state index in [2.05, 4.69) is 0 Å². The highest BCUT2D eigenvalue weighted by molar-refractivity contribution is 6.06. The number of nitrogens with zero attached hydrogens (tertiary/aromatic N) is 2. The van der Waals surface area contributed by atoms with E-state index in [1.807, 2.05) is 63.3 Å². The van der Waals surface area contributed by atoms with Gasteiger partial charge in [-0.25, -0.2) is 0 Å². The van der Waals surface area contributed by atoms with Crippen molar-refractivity contribution >= 4 is 23.5 Å². The zero-order valence-corrected chi connectivity index (χ0v) is 22.0. The Morgan fingerprint density at radius 2 is 1.81 bits per heavy atom. The summed E-state index contributed by atoms with van der Waals surface area (Å²) in [7, 11) is 0. The number of carbonyl (C=O) groups is 3. The van der Waals surface area contributed by atoms with Crippen molar-refractivity contribution in [3.05, 3.63) is 53.6 Å². The molecule has 0 aromatic heterocycles. The van der Waals surface area contributed by atoms with Crippen LogP contribution in [0.4, 0.5) is 5.69 Å². The number of hydrogen-bond donors (Lipinski definition) is 1. The van der Waals surface area contributed by atoms with Crippen molar-refractivity contribution in [3.8, 4) is 0 Å². The molecule has 2 fully saturated rings. The van der Waals surface area contributed by atoms with E-state index in [4.69, 9.17) is 9.47 Å². The molecule has 4 heterocycles. The Morgan fingerprint density at radius 1 is 1.08 bits per heavy atom. The molecule has 4 aliphatic heterocycles. The van der Waals surface area contributed by atoms with Crippen molar-refractivity contribution in [1.82, 2.24) is 4.90 Å². The fraction of sp³-hybridized carbons (Fsp3) is 0.552. The standard InChI is InChI=1S/C29H36N2O6/c1-5-20(17-32)31-24-26(34)30(23-18(2)11-9-12-19(23)3)15-10-14-29(24)21(25(31)33)22-27(35)36-16-8-6-7-13-28(22,4)37-29/h7,9-14,20-22,24,32H,5-6,8,15-17H2,1-4H3/b13-7-/t20-,21-,22+,24?,28-,29-/m0/s1. The second-order valence-corrected chi connectivity index (χ2v) is 10.8. The normalized spacial score (nSPS) is 35.1. The van der Waals surface area contributed by atoms with Crippen LogP contribution >= 0.6 is 0 Å². The molecule has 198 valence electrons. The van der Waals surface area contributed by atoms with E-state index in [1.165, 1.54) is 4.90 Å². The lowest BCUT2D eigenvalue weighted by atomic mass is 9.74. The van der Waals surface area contributed by atoms with Crippen molar-refractivity contribution in [3.63, 3.8) is 0 Å². The third-order valence-corrected chi connectivity index (χ3v) is 8.47. The number of aliphatic hydroxyl groups excluding tert-OH is 1. The van der Waals surface area contributed by atoms with Crippen LogP contribution in [0, 0.1) is 25.7 Å². The van der Waals surface area contributed by atoms with Gasteiger partial charge in [-0.2, -0.15) is 0 Å². The molecule has 0 radical (unpaired) electrons. The summed E-state index contributed by atoms with van der Waals surface area (Å²) in [6.45, 7) is 7.87. The van der Waals surface area contributed by atoms with Gasteiger partial charge in [0.25, 0.3) is 5.91 Å². The second kappa shape index (κ2) is 9.40. The predicted molar refractivity (Wildman–Crippen MR) is 138 cm³/mol. The summed E-state index contributed by atoms with van der Waals surface area (Å²) in [5, 5.41) is 10.3. The molecular weight excluding hydrogens is 472 g/mol. The van der Waals surface area contributed by atoms with Gasteiger partial charge in [0.15, 0.2) is 0 Å². The van der Waals surface area contributed by atoms with E-state index in [0.717, 1.165) is 23.2 Å². The van der Waals surface area contributed by atoms with E-state index in [9.17, 15) is 19.5 Å². The number of rotatable bonds is 4. The van der Waals surface area contributed by atoms with Gasteiger partial charge >= 0.3 is 5.97 Å². The number of para-hydroxylation sites is 1. The molecule has 8 nitrogen and oxygen atoms in total. The lowest BCUT2D eigenvalue weighted by Crippen LogP contribution is -2.59. The summed E-state index contributed by atoms with van der Waals surface area (Å²) in [6, 6.07) is 4.25. The number of cyclic esters (lactones) is 1. The average Bonchev–Trinajstić information content (AvgIpc) is 3.21. The van der Waals surface area contributed by atoms with Crippen LogP contribution in [0.2, 0.25) is 0 Å². The highest BCUT2D eigenvalue weighted by atomic mass is 16.6. The lowest BCUT2D eigenvalue weighted by molar-refractivity contribution is -0.159. The molecule has 1 N–H and O–H groups in total. The first kappa shape index (κ1) is 25.7. The van der Waals surface area contributed by atoms with Gasteiger partial charge in [0.2, 0.25) is 5.91 Å². The van der Waals surface area contributed by atoms with Crippen LogP contribution in [-0.2, 0) is 23.9 Å². The molecule has 8 heteroatoms. The van der Waals surface area contributed by atoms with Gasteiger partial charge in [0.05, 0.1) is 30.8 Å². The van der Waals surface area contributed by atoms with Gasteiger partial charge in [-0.1, -0.05) is 49.4 Å². The number of esters is 1. The van der Waals surface area contributed by atoms with Gasteiger partial charge in [-0.3, -0.25) is 14.4 Å². The minimum atomic E-state index is -1.37. The molecule has 2 saturated heterocycles. The van der Waals surface area contributed by atoms with E-state index in [-0.39, 0.29) is 25.0 Å². The van der Waals surface area contributed by atoms with Crippen molar-refractivity contribution in [2.75, 3.05) is 24.7 Å². The number of aliphatic hydroxyl groups is 1. The largest absolute Gasteiger partial charge is 0.465 e. The highest BCUT2D eigenvalue weighted by Gasteiger charge is 2.75. The first-order chi connectivity index (χ1) is 17.7. The molecule has 6 atom stereocenters. The van der Waals surface area contributed by atoms with Crippen molar-refractivity contribution in [2.45, 2.75) is 70.2 Å². The zero-order chi connectivity index (χ0) is 26.5. The molecule has 1 spiro atoms. The number of benzene rings is 1. The number of fused-ring (bicyclic) bond motifs is 2. The number of hydrogen-bond acceptors (Lipinski definition) is 6. The number of aryl methyl sites for hydroxylation is 2. The molecule has 0 bridgehead atoms. The van der Waals surface area contributed by atoms with Gasteiger partial charge in [-0.05, 0) is 51.2 Å². The maximum absolute atomic E-state index is 14.5. The van der Waals surface area contributed by atoms with Gasteiger partial charge in [0.1, 0.15) is 17.6 Å². The molecule has 5 rings (SSSR count). The Kier molecular flexibility index (Phi) is 6.52. The number of likely N-dealkylation sites (tertiary alicyclic amines) is 1. The van der Waals surface area contributed by atoms with E-state index in [1.54, 1.807) is 11.8 Å². The SMILES string of the molecule is CC[C@@H](CO)N1C(=O)[C@@H]2[C@@H]3C(=O)OCCC/C=C\[C@]3(C)O[C@@]23C=CCN(c2c(C)cccc2C)C(=O)C13. The van der Waals surface area contributed by atoms with Crippen LogP contribution < -0.4 is 4.90 Å². The molecular formula is C29H36N2O6. The number of carbonyl (C=O) groups excluding carboxylic acids is 3. The quantitative estimate of drug-likeness (QED) is 0.496. The Bertz CT molecular complexity index is 1150. The maximum Gasteiger partial charge on any atom is 0.313 e. The Hall–Kier alpha value is -2.97. The van der Waals surface area contributed by atoms with Crippen molar-refractivity contribution in [1.29, 1.82) is 0 Å². The predicted octanol–water partition coefficient (Wildman–Crippen LogP) is 2.84. The van der Waals surface area contributed by atoms with Crippen LogP contribution in [0.15, 0.2) is 42.5 Å². The second-order valence-electron chi connectivity index (χ2n) is 10.8. The van der Waals surface area contributed by atoms with Crippen LogP contribution in [0.5, 0.6) is 0 Å².